The van der Waals surface area contributed by atoms with Crippen LogP contribution in [0.25, 0.3) is 11.1 Å². The van der Waals surface area contributed by atoms with Gasteiger partial charge in [-0.25, -0.2) is 0 Å². The molecule has 0 N–H and O–H groups in total. The van der Waals surface area contributed by atoms with Gasteiger partial charge in [0.2, 0.25) is 0 Å². The topological polar surface area (TPSA) is 33.0 Å². The van der Waals surface area contributed by atoms with Gasteiger partial charge in [0.1, 0.15) is 11.4 Å². The Hall–Kier alpha value is -2.27. The number of ether oxygens (including phenoxy) is 1. The lowest BCUT2D eigenvalue weighted by molar-refractivity contribution is 0.115. The first kappa shape index (κ1) is 13.2. The van der Waals surface area contributed by atoms with E-state index < -0.39 is 5.60 Å². The van der Waals surface area contributed by atoms with E-state index in [0.717, 1.165) is 11.3 Å². The fourth-order valence-electron chi connectivity index (χ4n) is 1.89. The number of hydrogen-bond donors (Lipinski definition) is 0. The second kappa shape index (κ2) is 5.58. The van der Waals surface area contributed by atoms with Gasteiger partial charge in [-0.15, -0.1) is 0 Å². The largest absolute Gasteiger partial charge is 0.487 e. The maximum Gasteiger partial charge on any atom is 0.120 e. The molecule has 0 atom stereocenters. The molecule has 19 heavy (non-hydrogen) atoms. The molecule has 0 unspecified atom stereocenters. The third-order valence-electron chi connectivity index (χ3n) is 2.86. The Balaban J connectivity index is 2.14. The summed E-state index contributed by atoms with van der Waals surface area (Å²) in [6.07, 6.45) is 0.368. The molecule has 0 heterocycles. The van der Waals surface area contributed by atoms with Crippen LogP contribution in [0, 0.1) is 11.3 Å². The predicted octanol–water partition coefficient (Wildman–Crippen LogP) is 4.42. The van der Waals surface area contributed by atoms with Crippen molar-refractivity contribution in [3.8, 4) is 22.9 Å². The summed E-state index contributed by atoms with van der Waals surface area (Å²) >= 11 is 0. The number of benzene rings is 2. The lowest BCUT2D eigenvalue weighted by Gasteiger charge is -2.23. The molecule has 0 saturated heterocycles. The molecule has 0 amide bonds. The van der Waals surface area contributed by atoms with Crippen molar-refractivity contribution in [3.63, 3.8) is 0 Å². The fraction of sp³-hybridized carbons (Fsp3) is 0.235. The van der Waals surface area contributed by atoms with E-state index in [4.69, 9.17) is 10.00 Å². The highest BCUT2D eigenvalue weighted by atomic mass is 16.5. The minimum absolute atomic E-state index is 0.368. The van der Waals surface area contributed by atoms with E-state index in [9.17, 15) is 0 Å². The third-order valence-corrected chi connectivity index (χ3v) is 2.86. The molecule has 2 rings (SSSR count). The predicted molar refractivity (Wildman–Crippen MR) is 76.8 cm³/mol. The smallest absolute Gasteiger partial charge is 0.120 e. The number of nitrogens with zero attached hydrogens (tertiary/aromatic N) is 1. The summed E-state index contributed by atoms with van der Waals surface area (Å²) in [5.74, 6) is 0.792. The van der Waals surface area contributed by atoms with Crippen molar-refractivity contribution in [1.29, 1.82) is 5.26 Å². The summed E-state index contributed by atoms with van der Waals surface area (Å²) in [7, 11) is 0. The summed E-state index contributed by atoms with van der Waals surface area (Å²) < 4.78 is 5.81. The van der Waals surface area contributed by atoms with E-state index in [1.54, 1.807) is 0 Å². The van der Waals surface area contributed by atoms with Crippen molar-refractivity contribution in [1.82, 2.24) is 0 Å². The summed E-state index contributed by atoms with van der Waals surface area (Å²) in [5.41, 5.74) is 1.89. The van der Waals surface area contributed by atoms with Gasteiger partial charge in [0.05, 0.1) is 12.5 Å². The van der Waals surface area contributed by atoms with Crippen molar-refractivity contribution >= 4 is 0 Å². The van der Waals surface area contributed by atoms with Gasteiger partial charge in [0, 0.05) is 0 Å². The Morgan fingerprint density at radius 1 is 0.947 bits per heavy atom. The van der Waals surface area contributed by atoms with Crippen molar-refractivity contribution < 1.29 is 4.74 Å². The van der Waals surface area contributed by atoms with E-state index in [1.807, 2.05) is 56.3 Å². The molecule has 0 aliphatic rings. The molecular weight excluding hydrogens is 234 g/mol. The quantitative estimate of drug-likeness (QED) is 0.805. The molecule has 0 spiro atoms. The molecule has 0 aliphatic heterocycles. The Morgan fingerprint density at radius 3 is 2.11 bits per heavy atom. The van der Waals surface area contributed by atoms with Crippen molar-refractivity contribution in [2.24, 2.45) is 0 Å². The summed E-state index contributed by atoms with van der Waals surface area (Å²) in [4.78, 5) is 0. The Morgan fingerprint density at radius 2 is 1.53 bits per heavy atom. The molecule has 2 heteroatoms. The summed E-state index contributed by atoms with van der Waals surface area (Å²) in [6.45, 7) is 3.84. The first-order valence-corrected chi connectivity index (χ1v) is 6.32. The Kier molecular flexibility index (Phi) is 3.87. The molecule has 2 nitrogen and oxygen atoms in total. The van der Waals surface area contributed by atoms with Gasteiger partial charge in [-0.3, -0.25) is 0 Å². The molecule has 0 fully saturated rings. The zero-order valence-electron chi connectivity index (χ0n) is 11.3. The van der Waals surface area contributed by atoms with Gasteiger partial charge in [0.25, 0.3) is 0 Å². The Bertz CT molecular complexity index is 564. The number of hydrogen-bond acceptors (Lipinski definition) is 2. The maximum absolute atomic E-state index is 8.74. The SMILES string of the molecule is CC(C)(CC#N)Oc1ccc(-c2ccccc2)cc1. The standard InChI is InChI=1S/C17H17NO/c1-17(2,12-13-18)19-16-10-8-15(9-11-16)14-6-4-3-5-7-14/h3-11H,12H2,1-2H3. The van der Waals surface area contributed by atoms with Crippen LogP contribution in [-0.2, 0) is 0 Å². The zero-order chi connectivity index (χ0) is 13.7. The van der Waals surface area contributed by atoms with Gasteiger partial charge < -0.3 is 4.74 Å². The summed E-state index contributed by atoms with van der Waals surface area (Å²) in [6, 6.07) is 20.3. The van der Waals surface area contributed by atoms with Gasteiger partial charge in [0.15, 0.2) is 0 Å². The molecule has 2 aromatic carbocycles. The van der Waals surface area contributed by atoms with E-state index in [1.165, 1.54) is 5.56 Å². The van der Waals surface area contributed by atoms with Crippen molar-refractivity contribution in [2.75, 3.05) is 0 Å². The lowest BCUT2D eigenvalue weighted by Crippen LogP contribution is -2.27. The van der Waals surface area contributed by atoms with Crippen LogP contribution in [0.2, 0.25) is 0 Å². The van der Waals surface area contributed by atoms with E-state index in [0.29, 0.717) is 6.42 Å². The lowest BCUT2D eigenvalue weighted by atomic mass is 10.0. The average Bonchev–Trinajstić information content (AvgIpc) is 2.40. The van der Waals surface area contributed by atoms with Crippen LogP contribution in [0.3, 0.4) is 0 Å². The highest BCUT2D eigenvalue weighted by Gasteiger charge is 2.19. The van der Waals surface area contributed by atoms with Crippen LogP contribution in [0.15, 0.2) is 54.6 Å². The molecule has 0 bridgehead atoms. The van der Waals surface area contributed by atoms with E-state index in [-0.39, 0.29) is 0 Å². The molecule has 2 aromatic rings. The van der Waals surface area contributed by atoms with Crippen LogP contribution in [0.5, 0.6) is 5.75 Å². The molecular formula is C17H17NO. The molecule has 0 aromatic heterocycles. The second-order valence-electron chi connectivity index (χ2n) is 5.09. The normalized spacial score (nSPS) is 10.8. The van der Waals surface area contributed by atoms with E-state index in [2.05, 4.69) is 18.2 Å². The average molecular weight is 251 g/mol. The van der Waals surface area contributed by atoms with Gasteiger partial charge in [-0.05, 0) is 37.1 Å². The second-order valence-corrected chi connectivity index (χ2v) is 5.09. The zero-order valence-corrected chi connectivity index (χ0v) is 11.3. The van der Waals surface area contributed by atoms with Crippen LogP contribution >= 0.6 is 0 Å². The van der Waals surface area contributed by atoms with Crippen LogP contribution in [0.4, 0.5) is 0 Å². The molecule has 0 aliphatic carbocycles. The van der Waals surface area contributed by atoms with Crippen molar-refractivity contribution in [2.45, 2.75) is 25.9 Å². The van der Waals surface area contributed by atoms with Gasteiger partial charge in [-0.2, -0.15) is 5.26 Å². The minimum atomic E-state index is -0.455. The highest BCUT2D eigenvalue weighted by molar-refractivity contribution is 5.63. The monoisotopic (exact) mass is 251 g/mol. The molecule has 0 saturated carbocycles. The molecule has 96 valence electrons. The van der Waals surface area contributed by atoms with E-state index >= 15 is 0 Å². The van der Waals surface area contributed by atoms with Gasteiger partial charge >= 0.3 is 0 Å². The highest BCUT2D eigenvalue weighted by Crippen LogP contribution is 2.25. The maximum atomic E-state index is 8.74. The first-order chi connectivity index (χ1) is 9.11. The van der Waals surface area contributed by atoms with Crippen molar-refractivity contribution in [3.05, 3.63) is 54.6 Å². The van der Waals surface area contributed by atoms with Crippen LogP contribution in [0.1, 0.15) is 20.3 Å². The van der Waals surface area contributed by atoms with Crippen LogP contribution < -0.4 is 4.74 Å². The minimum Gasteiger partial charge on any atom is -0.487 e. The third kappa shape index (κ3) is 3.59. The summed E-state index contributed by atoms with van der Waals surface area (Å²) in [5, 5.41) is 8.74. The number of rotatable bonds is 4. The Labute approximate surface area is 114 Å². The van der Waals surface area contributed by atoms with Crippen LogP contribution in [-0.4, -0.2) is 5.60 Å². The first-order valence-electron chi connectivity index (χ1n) is 6.32. The fourth-order valence-corrected chi connectivity index (χ4v) is 1.89. The number of nitriles is 1. The van der Waals surface area contributed by atoms with Gasteiger partial charge in [-0.1, -0.05) is 42.5 Å². The molecule has 0 radical (unpaired) electrons.